The molecule has 0 unspecified atom stereocenters. The molecule has 0 saturated heterocycles. The van der Waals surface area contributed by atoms with Crippen LogP contribution in [0.25, 0.3) is 0 Å². The molecule has 0 aromatic carbocycles. The van der Waals surface area contributed by atoms with E-state index in [4.69, 9.17) is 0 Å². The molecule has 0 saturated carbocycles. The van der Waals surface area contributed by atoms with E-state index in [-0.39, 0.29) is 0 Å². The zero-order chi connectivity index (χ0) is 15.0. The van der Waals surface area contributed by atoms with Gasteiger partial charge in [0.15, 0.2) is 0 Å². The lowest BCUT2D eigenvalue weighted by atomic mass is 10.0. The Bertz CT molecular complexity index is 390. The van der Waals surface area contributed by atoms with Gasteiger partial charge < -0.3 is 10.2 Å². The number of nitrogens with zero attached hydrogens (tertiary/aromatic N) is 3. The van der Waals surface area contributed by atoms with E-state index in [0.29, 0.717) is 5.92 Å². The average Bonchev–Trinajstić information content (AvgIpc) is 2.45. The first-order valence-corrected chi connectivity index (χ1v) is 7.99. The highest BCUT2D eigenvalue weighted by atomic mass is 15.2. The van der Waals surface area contributed by atoms with E-state index in [2.05, 4.69) is 54.8 Å². The topological polar surface area (TPSA) is 41.1 Å². The average molecular weight is 278 g/mol. The molecule has 0 aliphatic rings. The maximum absolute atomic E-state index is 4.57. The first kappa shape index (κ1) is 16.7. The molecule has 4 heteroatoms. The molecule has 20 heavy (non-hydrogen) atoms. The maximum Gasteiger partial charge on any atom is 0.137 e. The lowest BCUT2D eigenvalue weighted by molar-refractivity contribution is 0.710. The summed E-state index contributed by atoms with van der Waals surface area (Å²) in [6, 6.07) is 0. The van der Waals surface area contributed by atoms with Gasteiger partial charge in [-0.3, -0.25) is 0 Å². The molecule has 0 aliphatic heterocycles. The van der Waals surface area contributed by atoms with Crippen molar-refractivity contribution in [2.45, 2.75) is 59.8 Å². The van der Waals surface area contributed by atoms with Gasteiger partial charge in [-0.05, 0) is 25.7 Å². The number of rotatable bonds is 9. The van der Waals surface area contributed by atoms with Gasteiger partial charge in [-0.1, -0.05) is 34.1 Å². The Hall–Kier alpha value is -1.32. The second-order valence-electron chi connectivity index (χ2n) is 5.47. The molecule has 1 N–H and O–H groups in total. The molecule has 0 aliphatic carbocycles. The summed E-state index contributed by atoms with van der Waals surface area (Å²) in [6.07, 6.45) is 5.20. The Kier molecular flexibility index (Phi) is 7.34. The smallest absolute Gasteiger partial charge is 0.137 e. The summed E-state index contributed by atoms with van der Waals surface area (Å²) in [5, 5.41) is 3.44. The monoisotopic (exact) mass is 278 g/mol. The van der Waals surface area contributed by atoms with Crippen molar-refractivity contribution in [1.82, 2.24) is 9.97 Å². The largest absolute Gasteiger partial charge is 0.370 e. The maximum atomic E-state index is 4.57. The fourth-order valence-electron chi connectivity index (χ4n) is 2.32. The van der Waals surface area contributed by atoms with Gasteiger partial charge in [0, 0.05) is 25.2 Å². The first-order chi connectivity index (χ1) is 9.65. The van der Waals surface area contributed by atoms with E-state index < -0.39 is 0 Å². The van der Waals surface area contributed by atoms with Crippen LogP contribution in [0.3, 0.4) is 0 Å². The fourth-order valence-corrected chi connectivity index (χ4v) is 2.32. The van der Waals surface area contributed by atoms with E-state index in [1.54, 1.807) is 6.33 Å². The van der Waals surface area contributed by atoms with Crippen molar-refractivity contribution in [1.29, 1.82) is 0 Å². The number of anilines is 2. The highest BCUT2D eigenvalue weighted by molar-refractivity contribution is 5.60. The fraction of sp³-hybridized carbons (Fsp3) is 0.750. The van der Waals surface area contributed by atoms with Gasteiger partial charge in [0.2, 0.25) is 0 Å². The van der Waals surface area contributed by atoms with Crippen LogP contribution in [0.4, 0.5) is 11.6 Å². The number of hydrogen-bond donors (Lipinski definition) is 1. The Morgan fingerprint density at radius 2 is 1.90 bits per heavy atom. The molecule has 1 rings (SSSR count). The molecule has 114 valence electrons. The number of hydrogen-bond acceptors (Lipinski definition) is 4. The molecule has 0 fully saturated rings. The van der Waals surface area contributed by atoms with Gasteiger partial charge in [0.1, 0.15) is 18.0 Å². The normalized spacial score (nSPS) is 10.9. The van der Waals surface area contributed by atoms with E-state index in [0.717, 1.165) is 37.7 Å². The molecule has 4 nitrogen and oxygen atoms in total. The summed E-state index contributed by atoms with van der Waals surface area (Å²) in [5.74, 6) is 2.52. The molecular weight excluding hydrogens is 248 g/mol. The molecule has 1 heterocycles. The van der Waals surface area contributed by atoms with Crippen molar-refractivity contribution in [2.24, 2.45) is 0 Å². The van der Waals surface area contributed by atoms with Gasteiger partial charge in [-0.15, -0.1) is 0 Å². The van der Waals surface area contributed by atoms with E-state index in [9.17, 15) is 0 Å². The lowest BCUT2D eigenvalue weighted by Crippen LogP contribution is -2.27. The van der Waals surface area contributed by atoms with Crippen molar-refractivity contribution in [3.8, 4) is 0 Å². The molecule has 1 aromatic rings. The van der Waals surface area contributed by atoms with Crippen LogP contribution in [-0.2, 0) is 0 Å². The second-order valence-corrected chi connectivity index (χ2v) is 5.47. The van der Waals surface area contributed by atoms with E-state index in [1.165, 1.54) is 18.4 Å². The summed E-state index contributed by atoms with van der Waals surface area (Å²) in [6.45, 7) is 14.0. The zero-order valence-corrected chi connectivity index (χ0v) is 13.7. The molecule has 0 amide bonds. The molecular formula is C16H30N4. The van der Waals surface area contributed by atoms with Crippen molar-refractivity contribution in [3.63, 3.8) is 0 Å². The Morgan fingerprint density at radius 3 is 2.45 bits per heavy atom. The molecule has 0 bridgehead atoms. The van der Waals surface area contributed by atoms with Gasteiger partial charge in [0.05, 0.1) is 0 Å². The van der Waals surface area contributed by atoms with Gasteiger partial charge in [-0.25, -0.2) is 9.97 Å². The second kappa shape index (κ2) is 8.77. The third-order valence-electron chi connectivity index (χ3n) is 3.45. The molecule has 0 radical (unpaired) electrons. The van der Waals surface area contributed by atoms with Crippen LogP contribution in [-0.4, -0.2) is 29.6 Å². The summed E-state index contributed by atoms with van der Waals surface area (Å²) >= 11 is 0. The highest BCUT2D eigenvalue weighted by Gasteiger charge is 2.18. The number of aromatic nitrogens is 2. The van der Waals surface area contributed by atoms with Crippen LogP contribution in [0.2, 0.25) is 0 Å². The Labute approximate surface area is 124 Å². The van der Waals surface area contributed by atoms with Crippen molar-refractivity contribution in [3.05, 3.63) is 11.9 Å². The van der Waals surface area contributed by atoms with Crippen LogP contribution in [0.5, 0.6) is 0 Å². The highest BCUT2D eigenvalue weighted by Crippen LogP contribution is 2.30. The van der Waals surface area contributed by atoms with Gasteiger partial charge in [0.25, 0.3) is 0 Å². The Morgan fingerprint density at radius 1 is 1.15 bits per heavy atom. The van der Waals surface area contributed by atoms with Crippen LogP contribution < -0.4 is 10.2 Å². The van der Waals surface area contributed by atoms with E-state index >= 15 is 0 Å². The van der Waals surface area contributed by atoms with Crippen LogP contribution in [0.1, 0.15) is 65.4 Å². The van der Waals surface area contributed by atoms with E-state index in [1.807, 2.05) is 0 Å². The molecule has 0 atom stereocenters. The zero-order valence-electron chi connectivity index (χ0n) is 13.7. The summed E-state index contributed by atoms with van der Waals surface area (Å²) < 4.78 is 0. The van der Waals surface area contributed by atoms with Gasteiger partial charge >= 0.3 is 0 Å². The summed E-state index contributed by atoms with van der Waals surface area (Å²) in [5.41, 5.74) is 1.25. The third kappa shape index (κ3) is 4.36. The third-order valence-corrected chi connectivity index (χ3v) is 3.45. The Balaban J connectivity index is 3.09. The van der Waals surface area contributed by atoms with Crippen molar-refractivity contribution >= 4 is 11.6 Å². The van der Waals surface area contributed by atoms with Crippen molar-refractivity contribution < 1.29 is 0 Å². The minimum Gasteiger partial charge on any atom is -0.370 e. The van der Waals surface area contributed by atoms with Crippen LogP contribution >= 0.6 is 0 Å². The van der Waals surface area contributed by atoms with Crippen LogP contribution in [0, 0.1) is 0 Å². The first-order valence-electron chi connectivity index (χ1n) is 7.99. The van der Waals surface area contributed by atoms with Crippen LogP contribution in [0.15, 0.2) is 6.33 Å². The minimum absolute atomic E-state index is 0.418. The predicted molar refractivity (Wildman–Crippen MR) is 87.7 cm³/mol. The standard InChI is InChI=1S/C16H30N4/c1-6-9-11-20(8-3)16-14(13(4)5)15(17-10-7-2)18-12-19-16/h12-13H,6-11H2,1-5H3,(H,17,18,19). The SMILES string of the molecule is CCCCN(CC)c1ncnc(NCCC)c1C(C)C. The molecule has 0 spiro atoms. The summed E-state index contributed by atoms with van der Waals surface area (Å²) in [7, 11) is 0. The molecule has 1 aromatic heterocycles. The summed E-state index contributed by atoms with van der Waals surface area (Å²) in [4.78, 5) is 11.4. The number of nitrogens with one attached hydrogen (secondary N) is 1. The predicted octanol–water partition coefficient (Wildman–Crippen LogP) is 4.05. The quantitative estimate of drug-likeness (QED) is 0.740. The lowest BCUT2D eigenvalue weighted by Gasteiger charge is -2.26. The number of unbranched alkanes of at least 4 members (excludes halogenated alkanes) is 1. The minimum atomic E-state index is 0.418. The van der Waals surface area contributed by atoms with Gasteiger partial charge in [-0.2, -0.15) is 0 Å². The van der Waals surface area contributed by atoms with Crippen molar-refractivity contribution in [2.75, 3.05) is 29.9 Å².